The topological polar surface area (TPSA) is 136 Å². The monoisotopic (exact) mass is 400 g/mol. The minimum absolute atomic E-state index is 0.107. The summed E-state index contributed by atoms with van der Waals surface area (Å²) in [7, 11) is -4.04. The number of hydrogen-bond acceptors (Lipinski definition) is 6. The van der Waals surface area contributed by atoms with Crippen LogP contribution in [0, 0.1) is 13.8 Å². The van der Waals surface area contributed by atoms with Crippen LogP contribution in [0.2, 0.25) is 0 Å². The van der Waals surface area contributed by atoms with E-state index in [0.29, 0.717) is 5.75 Å². The minimum Gasteiger partial charge on any atom is -0.425 e. The van der Waals surface area contributed by atoms with Crippen LogP contribution in [0.3, 0.4) is 0 Å². The van der Waals surface area contributed by atoms with Gasteiger partial charge in [0, 0.05) is 23.9 Å². The molecule has 8 nitrogen and oxygen atoms in total. The molecule has 1 amide bonds. The normalized spacial score (nSPS) is 11.9. The standard InChI is InChI=1S/C18H28N2O6S/c1-12-8-13(2)17(14(9-12)26-16(22)11-19)18(3,4)10-15(21)20-6-5-7-27(23,24)25/h8-9H,5-7,10-11,19H2,1-4H3,(H,20,21)(H,23,24,25). The molecule has 9 heteroatoms. The van der Waals surface area contributed by atoms with Gasteiger partial charge in [-0.25, -0.2) is 0 Å². The fourth-order valence-corrected chi connectivity index (χ4v) is 3.58. The molecule has 0 atom stereocenters. The molecule has 0 aliphatic heterocycles. The third-order valence-electron chi connectivity index (χ3n) is 4.01. The zero-order valence-electron chi connectivity index (χ0n) is 16.2. The van der Waals surface area contributed by atoms with Crippen LogP contribution in [0.1, 0.15) is 43.4 Å². The van der Waals surface area contributed by atoms with Crippen molar-refractivity contribution in [2.75, 3.05) is 18.8 Å². The molecule has 0 spiro atoms. The number of hydrogen-bond donors (Lipinski definition) is 3. The predicted octanol–water partition coefficient (Wildman–Crippen LogP) is 1.23. The molecule has 0 saturated carbocycles. The quantitative estimate of drug-likeness (QED) is 0.245. The molecule has 0 radical (unpaired) electrons. The lowest BCUT2D eigenvalue weighted by atomic mass is 9.78. The van der Waals surface area contributed by atoms with Gasteiger partial charge in [0.2, 0.25) is 5.91 Å². The number of aryl methyl sites for hydroxylation is 2. The van der Waals surface area contributed by atoms with Gasteiger partial charge in [0.15, 0.2) is 0 Å². The summed E-state index contributed by atoms with van der Waals surface area (Å²) < 4.78 is 35.5. The van der Waals surface area contributed by atoms with Crippen LogP contribution in [-0.2, 0) is 25.1 Å². The van der Waals surface area contributed by atoms with E-state index in [4.69, 9.17) is 15.0 Å². The molecule has 1 aromatic rings. The largest absolute Gasteiger partial charge is 0.425 e. The highest BCUT2D eigenvalue weighted by Crippen LogP contribution is 2.37. The second-order valence-electron chi connectivity index (χ2n) is 7.18. The summed E-state index contributed by atoms with van der Waals surface area (Å²) in [4.78, 5) is 23.9. The fourth-order valence-electron chi connectivity index (χ4n) is 3.08. The highest BCUT2D eigenvalue weighted by Gasteiger charge is 2.30. The zero-order chi connectivity index (χ0) is 20.8. The Hall–Kier alpha value is -1.97. The number of nitrogens with two attached hydrogens (primary N) is 1. The van der Waals surface area contributed by atoms with Crippen LogP contribution in [0.5, 0.6) is 5.75 Å². The Bertz CT molecular complexity index is 802. The van der Waals surface area contributed by atoms with Gasteiger partial charge in [-0.15, -0.1) is 0 Å². The molecule has 0 aliphatic carbocycles. The Morgan fingerprint density at radius 1 is 1.26 bits per heavy atom. The van der Waals surface area contributed by atoms with Crippen molar-refractivity contribution >= 4 is 22.0 Å². The van der Waals surface area contributed by atoms with Crippen LogP contribution < -0.4 is 15.8 Å². The van der Waals surface area contributed by atoms with Gasteiger partial charge in [-0.05, 0) is 37.5 Å². The molecule has 152 valence electrons. The lowest BCUT2D eigenvalue weighted by Gasteiger charge is -2.29. The SMILES string of the molecule is Cc1cc(C)c(C(C)(C)CC(=O)NCCCS(=O)(=O)O)c(OC(=O)CN)c1. The number of carbonyl (C=O) groups is 2. The maximum absolute atomic E-state index is 12.3. The molecule has 0 aliphatic rings. The number of amides is 1. The zero-order valence-corrected chi connectivity index (χ0v) is 17.0. The van der Waals surface area contributed by atoms with Gasteiger partial charge in [-0.2, -0.15) is 8.42 Å². The van der Waals surface area contributed by atoms with E-state index < -0.39 is 27.3 Å². The van der Waals surface area contributed by atoms with E-state index in [0.717, 1.165) is 16.7 Å². The van der Waals surface area contributed by atoms with Crippen molar-refractivity contribution in [1.29, 1.82) is 0 Å². The number of ether oxygens (including phenoxy) is 1. The third kappa shape index (κ3) is 7.66. The van der Waals surface area contributed by atoms with E-state index >= 15 is 0 Å². The van der Waals surface area contributed by atoms with Gasteiger partial charge in [0.25, 0.3) is 10.1 Å². The Morgan fingerprint density at radius 2 is 1.89 bits per heavy atom. The molecule has 0 bridgehead atoms. The van der Waals surface area contributed by atoms with Crippen LogP contribution in [-0.4, -0.2) is 43.7 Å². The summed E-state index contributed by atoms with van der Waals surface area (Å²) in [6.07, 6.45) is 0.226. The van der Waals surface area contributed by atoms with Crippen LogP contribution in [0.25, 0.3) is 0 Å². The van der Waals surface area contributed by atoms with Gasteiger partial charge in [-0.1, -0.05) is 19.9 Å². The van der Waals surface area contributed by atoms with Crippen molar-refractivity contribution in [3.63, 3.8) is 0 Å². The maximum Gasteiger partial charge on any atom is 0.325 e. The molecule has 4 N–H and O–H groups in total. The molecular weight excluding hydrogens is 372 g/mol. The summed E-state index contributed by atoms with van der Waals surface area (Å²) in [6.45, 7) is 7.38. The molecule has 0 heterocycles. The summed E-state index contributed by atoms with van der Waals surface area (Å²) >= 11 is 0. The average molecular weight is 400 g/mol. The van der Waals surface area contributed by atoms with E-state index in [2.05, 4.69) is 5.32 Å². The van der Waals surface area contributed by atoms with E-state index in [1.165, 1.54) is 0 Å². The van der Waals surface area contributed by atoms with Gasteiger partial charge >= 0.3 is 5.97 Å². The van der Waals surface area contributed by atoms with E-state index in [-0.39, 0.29) is 31.8 Å². The molecule has 0 saturated heterocycles. The first-order valence-electron chi connectivity index (χ1n) is 8.60. The number of rotatable bonds is 9. The summed E-state index contributed by atoms with van der Waals surface area (Å²) in [5.74, 6) is -0.863. The number of nitrogens with one attached hydrogen (secondary N) is 1. The molecule has 0 aromatic heterocycles. The van der Waals surface area contributed by atoms with Crippen molar-refractivity contribution in [1.82, 2.24) is 5.32 Å². The highest BCUT2D eigenvalue weighted by atomic mass is 32.2. The minimum atomic E-state index is -4.04. The molecule has 1 aromatic carbocycles. The first-order chi connectivity index (χ1) is 12.4. The maximum atomic E-state index is 12.3. The lowest BCUT2D eigenvalue weighted by Crippen LogP contribution is -2.33. The predicted molar refractivity (Wildman–Crippen MR) is 102 cm³/mol. The van der Waals surface area contributed by atoms with Gasteiger partial charge in [-0.3, -0.25) is 14.1 Å². The van der Waals surface area contributed by atoms with Gasteiger partial charge < -0.3 is 15.8 Å². The molecule has 0 fully saturated rings. The van der Waals surface area contributed by atoms with Crippen LogP contribution in [0.4, 0.5) is 0 Å². The Kier molecular flexibility index (Phi) is 7.94. The van der Waals surface area contributed by atoms with Crippen molar-refractivity contribution in [2.45, 2.75) is 46.0 Å². The van der Waals surface area contributed by atoms with Crippen LogP contribution >= 0.6 is 0 Å². The fraction of sp³-hybridized carbons (Fsp3) is 0.556. The Balaban J connectivity index is 2.92. The molecule has 1 rings (SSSR count). The van der Waals surface area contributed by atoms with E-state index in [9.17, 15) is 18.0 Å². The summed E-state index contributed by atoms with van der Waals surface area (Å²) in [5.41, 5.74) is 7.24. The van der Waals surface area contributed by atoms with Gasteiger partial charge in [0.05, 0.1) is 12.3 Å². The Morgan fingerprint density at radius 3 is 2.44 bits per heavy atom. The van der Waals surface area contributed by atoms with Crippen LogP contribution in [0.15, 0.2) is 12.1 Å². The second kappa shape index (κ2) is 9.29. The van der Waals surface area contributed by atoms with Crippen molar-refractivity contribution < 1.29 is 27.3 Å². The smallest absolute Gasteiger partial charge is 0.325 e. The first kappa shape index (κ1) is 23.1. The van der Waals surface area contributed by atoms with Gasteiger partial charge in [0.1, 0.15) is 5.75 Å². The molecular formula is C18H28N2O6S. The van der Waals surface area contributed by atoms with Crippen molar-refractivity contribution in [2.24, 2.45) is 5.73 Å². The second-order valence-corrected chi connectivity index (χ2v) is 8.76. The average Bonchev–Trinajstić information content (AvgIpc) is 2.48. The number of carbonyl (C=O) groups excluding carboxylic acids is 2. The third-order valence-corrected chi connectivity index (χ3v) is 4.82. The summed E-state index contributed by atoms with van der Waals surface area (Å²) in [5, 5.41) is 2.64. The summed E-state index contributed by atoms with van der Waals surface area (Å²) in [6, 6.07) is 3.68. The molecule has 27 heavy (non-hydrogen) atoms. The Labute approximate surface area is 160 Å². The molecule has 0 unspecified atom stereocenters. The van der Waals surface area contributed by atoms with E-state index in [1.54, 1.807) is 6.07 Å². The number of benzene rings is 1. The highest BCUT2D eigenvalue weighted by molar-refractivity contribution is 7.85. The lowest BCUT2D eigenvalue weighted by molar-refractivity contribution is -0.132. The first-order valence-corrected chi connectivity index (χ1v) is 10.2. The number of esters is 1. The van der Waals surface area contributed by atoms with E-state index in [1.807, 2.05) is 33.8 Å². The van der Waals surface area contributed by atoms with Crippen molar-refractivity contribution in [3.05, 3.63) is 28.8 Å². The van der Waals surface area contributed by atoms with Crippen molar-refractivity contribution in [3.8, 4) is 5.75 Å².